The Balaban J connectivity index is 1.90. The highest BCUT2D eigenvalue weighted by Gasteiger charge is 2.15. The summed E-state index contributed by atoms with van der Waals surface area (Å²) >= 11 is 0. The molecule has 1 aromatic carbocycles. The first-order chi connectivity index (χ1) is 9.74. The fraction of sp³-hybridized carbons (Fsp3) is 0.625. The second-order valence-electron chi connectivity index (χ2n) is 5.28. The van der Waals surface area contributed by atoms with Gasteiger partial charge >= 0.3 is 0 Å². The lowest BCUT2D eigenvalue weighted by Crippen LogP contribution is -2.30. The van der Waals surface area contributed by atoms with E-state index < -0.39 is 0 Å². The summed E-state index contributed by atoms with van der Waals surface area (Å²) in [6.07, 6.45) is 5.27. The van der Waals surface area contributed by atoms with Gasteiger partial charge in [0.15, 0.2) is 11.5 Å². The normalized spacial score (nSPS) is 15.3. The molecule has 0 spiro atoms. The lowest BCUT2D eigenvalue weighted by atomic mass is 10.2. The molecule has 0 unspecified atom stereocenters. The Labute approximate surface area is 121 Å². The highest BCUT2D eigenvalue weighted by Crippen LogP contribution is 2.38. The number of hydrogen-bond donors (Lipinski definition) is 1. The molecule has 1 aromatic rings. The first-order valence-corrected chi connectivity index (χ1v) is 7.33. The van der Waals surface area contributed by atoms with Crippen LogP contribution in [0.5, 0.6) is 17.2 Å². The predicted octanol–water partition coefficient (Wildman–Crippen LogP) is 2.92. The molecule has 0 aliphatic heterocycles. The van der Waals surface area contributed by atoms with Crippen LogP contribution in [0, 0.1) is 6.92 Å². The molecule has 0 bridgehead atoms. The molecule has 0 saturated heterocycles. The third kappa shape index (κ3) is 3.79. The molecule has 20 heavy (non-hydrogen) atoms. The largest absolute Gasteiger partial charge is 0.493 e. The smallest absolute Gasteiger partial charge is 0.203 e. The molecule has 4 heteroatoms. The number of rotatable bonds is 7. The van der Waals surface area contributed by atoms with Crippen molar-refractivity contribution in [3.05, 3.63) is 17.7 Å². The number of benzene rings is 1. The Bertz CT molecular complexity index is 403. The van der Waals surface area contributed by atoms with Crippen molar-refractivity contribution in [2.45, 2.75) is 38.6 Å². The summed E-state index contributed by atoms with van der Waals surface area (Å²) < 4.78 is 16.6. The van der Waals surface area contributed by atoms with Crippen LogP contribution in [0.25, 0.3) is 0 Å². The van der Waals surface area contributed by atoms with Crippen LogP contribution in [0.15, 0.2) is 12.1 Å². The Morgan fingerprint density at radius 3 is 2.25 bits per heavy atom. The van der Waals surface area contributed by atoms with Gasteiger partial charge in [0.1, 0.15) is 6.61 Å². The minimum absolute atomic E-state index is 0.617. The van der Waals surface area contributed by atoms with E-state index in [2.05, 4.69) is 5.32 Å². The topological polar surface area (TPSA) is 39.7 Å². The van der Waals surface area contributed by atoms with Crippen molar-refractivity contribution in [3.8, 4) is 17.2 Å². The minimum atomic E-state index is 0.617. The highest BCUT2D eigenvalue weighted by atomic mass is 16.5. The van der Waals surface area contributed by atoms with Gasteiger partial charge in [-0.05, 0) is 37.5 Å². The van der Waals surface area contributed by atoms with E-state index in [1.807, 2.05) is 19.1 Å². The van der Waals surface area contributed by atoms with Gasteiger partial charge < -0.3 is 19.5 Å². The Hall–Kier alpha value is -1.42. The summed E-state index contributed by atoms with van der Waals surface area (Å²) in [4.78, 5) is 0. The Morgan fingerprint density at radius 1 is 1.10 bits per heavy atom. The monoisotopic (exact) mass is 279 g/mol. The third-order valence-corrected chi connectivity index (χ3v) is 3.74. The average Bonchev–Trinajstić information content (AvgIpc) is 2.97. The van der Waals surface area contributed by atoms with Gasteiger partial charge in [0, 0.05) is 12.6 Å². The quantitative estimate of drug-likeness (QED) is 0.779. The molecule has 1 saturated carbocycles. The molecular weight excluding hydrogens is 254 g/mol. The summed E-state index contributed by atoms with van der Waals surface area (Å²) in [5.41, 5.74) is 1.09. The molecule has 1 fully saturated rings. The van der Waals surface area contributed by atoms with E-state index in [9.17, 15) is 0 Å². The van der Waals surface area contributed by atoms with Crippen molar-refractivity contribution >= 4 is 0 Å². The molecule has 112 valence electrons. The zero-order chi connectivity index (χ0) is 14.4. The van der Waals surface area contributed by atoms with E-state index >= 15 is 0 Å². The van der Waals surface area contributed by atoms with E-state index in [0.29, 0.717) is 18.4 Å². The van der Waals surface area contributed by atoms with Crippen LogP contribution in [-0.2, 0) is 0 Å². The van der Waals surface area contributed by atoms with Gasteiger partial charge in [-0.25, -0.2) is 0 Å². The average molecular weight is 279 g/mol. The fourth-order valence-corrected chi connectivity index (χ4v) is 2.70. The first-order valence-electron chi connectivity index (χ1n) is 7.33. The minimum Gasteiger partial charge on any atom is -0.493 e. The lowest BCUT2D eigenvalue weighted by molar-refractivity contribution is 0.269. The molecule has 1 aliphatic carbocycles. The summed E-state index contributed by atoms with van der Waals surface area (Å²) in [5, 5.41) is 3.53. The van der Waals surface area contributed by atoms with Crippen LogP contribution in [-0.4, -0.2) is 33.4 Å². The van der Waals surface area contributed by atoms with Crippen LogP contribution < -0.4 is 19.5 Å². The molecular formula is C16H25NO3. The standard InChI is InChI=1S/C16H25NO3/c1-12-10-14(18-2)16(15(11-12)19-3)20-9-8-17-13-6-4-5-7-13/h10-11,13,17H,4-9H2,1-3H3. The highest BCUT2D eigenvalue weighted by molar-refractivity contribution is 5.53. The van der Waals surface area contributed by atoms with Crippen molar-refractivity contribution in [1.29, 1.82) is 0 Å². The van der Waals surface area contributed by atoms with E-state index in [1.165, 1.54) is 25.7 Å². The summed E-state index contributed by atoms with van der Waals surface area (Å²) in [7, 11) is 3.30. The maximum atomic E-state index is 5.85. The fourth-order valence-electron chi connectivity index (χ4n) is 2.70. The Morgan fingerprint density at radius 2 is 1.70 bits per heavy atom. The van der Waals surface area contributed by atoms with Gasteiger partial charge in [-0.2, -0.15) is 0 Å². The van der Waals surface area contributed by atoms with Gasteiger partial charge in [-0.1, -0.05) is 12.8 Å². The zero-order valence-corrected chi connectivity index (χ0v) is 12.7. The van der Waals surface area contributed by atoms with E-state index in [-0.39, 0.29) is 0 Å². The van der Waals surface area contributed by atoms with Crippen molar-refractivity contribution in [3.63, 3.8) is 0 Å². The third-order valence-electron chi connectivity index (χ3n) is 3.74. The van der Waals surface area contributed by atoms with Crippen LogP contribution >= 0.6 is 0 Å². The van der Waals surface area contributed by atoms with Crippen molar-refractivity contribution in [1.82, 2.24) is 5.32 Å². The molecule has 0 atom stereocenters. The van der Waals surface area contributed by atoms with E-state index in [0.717, 1.165) is 23.6 Å². The molecule has 1 aliphatic rings. The van der Waals surface area contributed by atoms with Gasteiger partial charge in [0.2, 0.25) is 5.75 Å². The van der Waals surface area contributed by atoms with Gasteiger partial charge in [0.25, 0.3) is 0 Å². The number of hydrogen-bond acceptors (Lipinski definition) is 4. The first kappa shape index (κ1) is 15.0. The predicted molar refractivity (Wildman–Crippen MR) is 80.0 cm³/mol. The van der Waals surface area contributed by atoms with Crippen LogP contribution in [0.2, 0.25) is 0 Å². The van der Waals surface area contributed by atoms with E-state index in [4.69, 9.17) is 14.2 Å². The SMILES string of the molecule is COc1cc(C)cc(OC)c1OCCNC1CCCC1. The molecule has 1 N–H and O–H groups in total. The van der Waals surface area contributed by atoms with Crippen LogP contribution in [0.3, 0.4) is 0 Å². The van der Waals surface area contributed by atoms with Crippen molar-refractivity contribution < 1.29 is 14.2 Å². The van der Waals surface area contributed by atoms with Crippen LogP contribution in [0.4, 0.5) is 0 Å². The number of ether oxygens (including phenoxy) is 3. The maximum Gasteiger partial charge on any atom is 0.203 e. The maximum absolute atomic E-state index is 5.85. The molecule has 4 nitrogen and oxygen atoms in total. The zero-order valence-electron chi connectivity index (χ0n) is 12.7. The molecule has 2 rings (SSSR count). The van der Waals surface area contributed by atoms with Crippen molar-refractivity contribution in [2.24, 2.45) is 0 Å². The molecule has 0 aromatic heterocycles. The second-order valence-corrected chi connectivity index (χ2v) is 5.28. The molecule has 0 amide bonds. The van der Waals surface area contributed by atoms with Gasteiger partial charge in [-0.3, -0.25) is 0 Å². The van der Waals surface area contributed by atoms with Crippen LogP contribution in [0.1, 0.15) is 31.2 Å². The second kappa shape index (κ2) is 7.39. The van der Waals surface area contributed by atoms with E-state index in [1.54, 1.807) is 14.2 Å². The number of nitrogens with one attached hydrogen (secondary N) is 1. The van der Waals surface area contributed by atoms with Crippen molar-refractivity contribution in [2.75, 3.05) is 27.4 Å². The molecule has 0 heterocycles. The number of aryl methyl sites for hydroxylation is 1. The summed E-state index contributed by atoms with van der Waals surface area (Å²) in [6.45, 7) is 3.48. The lowest BCUT2D eigenvalue weighted by Gasteiger charge is -2.16. The van der Waals surface area contributed by atoms with Gasteiger partial charge in [-0.15, -0.1) is 0 Å². The molecule has 0 radical (unpaired) electrons. The summed E-state index contributed by atoms with van der Waals surface area (Å²) in [6, 6.07) is 4.59. The Kier molecular flexibility index (Phi) is 5.53. The summed E-state index contributed by atoms with van der Waals surface area (Å²) in [5.74, 6) is 2.14. The van der Waals surface area contributed by atoms with Gasteiger partial charge in [0.05, 0.1) is 14.2 Å². The number of methoxy groups -OCH3 is 2.